The molecule has 0 saturated heterocycles. The van der Waals surface area contributed by atoms with Crippen LogP contribution in [0.5, 0.6) is 0 Å². The second-order valence-corrected chi connectivity index (χ2v) is 2.83. The molecule has 1 aromatic rings. The fourth-order valence-corrected chi connectivity index (χ4v) is 0.978. The van der Waals surface area contributed by atoms with Gasteiger partial charge in [0.2, 0.25) is 0 Å². The first-order valence-corrected chi connectivity index (χ1v) is 4.01. The molecule has 1 heterocycles. The largest absolute Gasteiger partial charge is 0.469 e. The lowest BCUT2D eigenvalue weighted by Crippen LogP contribution is -2.09. The maximum absolute atomic E-state index is 12.2. The third kappa shape index (κ3) is 3.23. The molecule has 0 aliphatic carbocycles. The maximum Gasteiger partial charge on any atom is 0.417 e. The zero-order valence-corrected chi connectivity index (χ0v) is 7.84. The Morgan fingerprint density at radius 3 is 2.67 bits per heavy atom. The first-order valence-electron chi connectivity index (χ1n) is 4.01. The van der Waals surface area contributed by atoms with E-state index in [0.29, 0.717) is 6.20 Å². The van der Waals surface area contributed by atoms with E-state index in [2.05, 4.69) is 9.72 Å². The summed E-state index contributed by atoms with van der Waals surface area (Å²) in [6.45, 7) is 0. The number of carbonyl (C=O) groups excluding carboxylic acids is 1. The molecular formula is C9H8F3NO2. The molecule has 0 aromatic carbocycles. The van der Waals surface area contributed by atoms with E-state index in [1.54, 1.807) is 0 Å². The second kappa shape index (κ2) is 4.29. The van der Waals surface area contributed by atoms with Gasteiger partial charge in [-0.1, -0.05) is 0 Å². The molecule has 82 valence electrons. The Morgan fingerprint density at radius 2 is 2.13 bits per heavy atom. The summed E-state index contributed by atoms with van der Waals surface area (Å²) in [7, 11) is 1.17. The van der Waals surface area contributed by atoms with Crippen LogP contribution in [0.1, 0.15) is 11.1 Å². The van der Waals surface area contributed by atoms with Gasteiger partial charge >= 0.3 is 12.1 Å². The molecule has 0 atom stereocenters. The lowest BCUT2D eigenvalue weighted by Gasteiger charge is -2.07. The molecule has 1 aromatic heterocycles. The minimum absolute atomic E-state index is 0.177. The van der Waals surface area contributed by atoms with Crippen molar-refractivity contribution in [1.82, 2.24) is 4.98 Å². The maximum atomic E-state index is 12.2. The highest BCUT2D eigenvalue weighted by atomic mass is 19.4. The lowest BCUT2D eigenvalue weighted by molar-refractivity contribution is -0.140. The number of esters is 1. The van der Waals surface area contributed by atoms with Gasteiger partial charge in [-0.05, 0) is 11.6 Å². The number of nitrogens with zero attached hydrogens (tertiary/aromatic N) is 1. The van der Waals surface area contributed by atoms with Gasteiger partial charge in [0, 0.05) is 12.4 Å². The van der Waals surface area contributed by atoms with Crippen LogP contribution in [0, 0.1) is 0 Å². The molecular weight excluding hydrogens is 211 g/mol. The molecule has 0 fully saturated rings. The third-order valence-corrected chi connectivity index (χ3v) is 1.70. The Bertz CT molecular complexity index is 363. The Balaban J connectivity index is 2.88. The van der Waals surface area contributed by atoms with Crippen LogP contribution in [0.4, 0.5) is 13.2 Å². The molecule has 15 heavy (non-hydrogen) atoms. The van der Waals surface area contributed by atoms with Crippen LogP contribution >= 0.6 is 0 Å². The zero-order valence-electron chi connectivity index (χ0n) is 7.84. The summed E-state index contributed by atoms with van der Waals surface area (Å²) >= 11 is 0. The van der Waals surface area contributed by atoms with Gasteiger partial charge < -0.3 is 4.74 Å². The number of rotatable bonds is 2. The van der Waals surface area contributed by atoms with Gasteiger partial charge in [0.1, 0.15) is 0 Å². The molecule has 3 nitrogen and oxygen atoms in total. The van der Waals surface area contributed by atoms with E-state index in [1.165, 1.54) is 13.3 Å². The Kier molecular flexibility index (Phi) is 3.28. The van der Waals surface area contributed by atoms with Crippen LogP contribution in [-0.2, 0) is 22.1 Å². The van der Waals surface area contributed by atoms with Gasteiger partial charge in [0.15, 0.2) is 0 Å². The number of pyridine rings is 1. The fourth-order valence-electron chi connectivity index (χ4n) is 0.978. The second-order valence-electron chi connectivity index (χ2n) is 2.83. The van der Waals surface area contributed by atoms with Crippen LogP contribution in [-0.4, -0.2) is 18.1 Å². The quantitative estimate of drug-likeness (QED) is 0.712. The average Bonchev–Trinajstić information content (AvgIpc) is 2.17. The summed E-state index contributed by atoms with van der Waals surface area (Å²) in [6, 6.07) is 0.879. The first kappa shape index (κ1) is 11.5. The zero-order chi connectivity index (χ0) is 11.5. The predicted molar refractivity (Wildman–Crippen MR) is 45.0 cm³/mol. The van der Waals surface area contributed by atoms with Gasteiger partial charge in [0.25, 0.3) is 0 Å². The van der Waals surface area contributed by atoms with Crippen molar-refractivity contribution in [2.24, 2.45) is 0 Å². The normalized spacial score (nSPS) is 11.2. The number of carbonyl (C=O) groups is 1. The minimum atomic E-state index is -4.45. The highest BCUT2D eigenvalue weighted by molar-refractivity contribution is 5.72. The van der Waals surface area contributed by atoms with Gasteiger partial charge in [-0.25, -0.2) is 0 Å². The number of alkyl halides is 3. The van der Waals surface area contributed by atoms with E-state index in [9.17, 15) is 18.0 Å². The van der Waals surface area contributed by atoms with Crippen molar-refractivity contribution in [3.05, 3.63) is 29.6 Å². The van der Waals surface area contributed by atoms with E-state index in [4.69, 9.17) is 0 Å². The summed E-state index contributed by atoms with van der Waals surface area (Å²) in [5, 5.41) is 0. The Hall–Kier alpha value is -1.59. The molecule has 0 unspecified atom stereocenters. The SMILES string of the molecule is COC(=O)Cc1cncc(C(F)(F)F)c1. The number of hydrogen-bond donors (Lipinski definition) is 0. The minimum Gasteiger partial charge on any atom is -0.469 e. The average molecular weight is 219 g/mol. The van der Waals surface area contributed by atoms with Crippen LogP contribution in [0.2, 0.25) is 0 Å². The standard InChI is InChI=1S/C9H8F3NO2/c1-15-8(14)3-6-2-7(5-13-4-6)9(10,11)12/h2,4-5H,3H2,1H3. The number of halogens is 3. The van der Waals surface area contributed by atoms with Crippen molar-refractivity contribution in [2.45, 2.75) is 12.6 Å². The van der Waals surface area contributed by atoms with E-state index in [-0.39, 0.29) is 12.0 Å². The van der Waals surface area contributed by atoms with Crippen molar-refractivity contribution in [2.75, 3.05) is 7.11 Å². The van der Waals surface area contributed by atoms with E-state index < -0.39 is 17.7 Å². The summed E-state index contributed by atoms with van der Waals surface area (Å²) in [5.41, 5.74) is -0.694. The number of methoxy groups -OCH3 is 1. The summed E-state index contributed by atoms with van der Waals surface area (Å²) in [5.74, 6) is -0.601. The highest BCUT2D eigenvalue weighted by Crippen LogP contribution is 2.28. The smallest absolute Gasteiger partial charge is 0.417 e. The molecule has 6 heteroatoms. The van der Waals surface area contributed by atoms with Crippen molar-refractivity contribution in [1.29, 1.82) is 0 Å². The van der Waals surface area contributed by atoms with E-state index in [0.717, 1.165) is 6.07 Å². The van der Waals surface area contributed by atoms with Crippen LogP contribution in [0.3, 0.4) is 0 Å². The summed E-state index contributed by atoms with van der Waals surface area (Å²) in [6.07, 6.45) is -2.75. The molecule has 0 aliphatic rings. The molecule has 0 bridgehead atoms. The Labute approximate surface area is 83.9 Å². The van der Waals surface area contributed by atoms with Crippen LogP contribution in [0.15, 0.2) is 18.5 Å². The lowest BCUT2D eigenvalue weighted by atomic mass is 10.1. The fraction of sp³-hybridized carbons (Fsp3) is 0.333. The first-order chi connectivity index (χ1) is 6.93. The van der Waals surface area contributed by atoms with Gasteiger partial charge in [-0.3, -0.25) is 9.78 Å². The monoisotopic (exact) mass is 219 g/mol. The van der Waals surface area contributed by atoms with Crippen molar-refractivity contribution in [3.63, 3.8) is 0 Å². The molecule has 0 spiro atoms. The van der Waals surface area contributed by atoms with Crippen molar-refractivity contribution in [3.8, 4) is 0 Å². The van der Waals surface area contributed by atoms with Gasteiger partial charge in [-0.15, -0.1) is 0 Å². The van der Waals surface area contributed by atoms with Gasteiger partial charge in [0.05, 0.1) is 19.1 Å². The predicted octanol–water partition coefficient (Wildman–Crippen LogP) is 1.82. The van der Waals surface area contributed by atoms with Crippen molar-refractivity contribution < 1.29 is 22.7 Å². The number of hydrogen-bond acceptors (Lipinski definition) is 3. The number of ether oxygens (including phenoxy) is 1. The summed E-state index contributed by atoms with van der Waals surface area (Å²) in [4.78, 5) is 14.2. The summed E-state index contributed by atoms with van der Waals surface area (Å²) < 4.78 is 41.0. The molecule has 0 N–H and O–H groups in total. The third-order valence-electron chi connectivity index (χ3n) is 1.70. The van der Waals surface area contributed by atoms with Crippen molar-refractivity contribution >= 4 is 5.97 Å². The van der Waals surface area contributed by atoms with Crippen LogP contribution in [0.25, 0.3) is 0 Å². The molecule has 0 aliphatic heterocycles. The molecule has 0 amide bonds. The highest BCUT2D eigenvalue weighted by Gasteiger charge is 2.31. The topological polar surface area (TPSA) is 39.2 Å². The van der Waals surface area contributed by atoms with E-state index >= 15 is 0 Å². The van der Waals surface area contributed by atoms with Crippen LogP contribution < -0.4 is 0 Å². The van der Waals surface area contributed by atoms with E-state index in [1.807, 2.05) is 0 Å². The molecule has 0 saturated carbocycles. The number of aromatic nitrogens is 1. The molecule has 0 radical (unpaired) electrons. The Morgan fingerprint density at radius 1 is 1.47 bits per heavy atom. The van der Waals surface area contributed by atoms with Gasteiger partial charge in [-0.2, -0.15) is 13.2 Å². The molecule has 1 rings (SSSR count).